The number of benzene rings is 1. The number of anilines is 3. The SMILES string of the molecule is C=CC(=O)NCCNC(=O)c1sc2nccc3c2c1NC(=O)N3c1ccc(Oc2ccccc2)nc1. The van der Waals surface area contributed by atoms with Crippen LogP contribution in [0.15, 0.2) is 73.6 Å². The summed E-state index contributed by atoms with van der Waals surface area (Å²) in [5.41, 5.74) is 1.52. The van der Waals surface area contributed by atoms with Crippen molar-refractivity contribution in [3.8, 4) is 11.6 Å². The number of amides is 4. The van der Waals surface area contributed by atoms with Crippen molar-refractivity contribution in [3.05, 3.63) is 78.5 Å². The van der Waals surface area contributed by atoms with E-state index in [0.717, 1.165) is 6.08 Å². The zero-order valence-electron chi connectivity index (χ0n) is 18.9. The van der Waals surface area contributed by atoms with Gasteiger partial charge < -0.3 is 20.7 Å². The van der Waals surface area contributed by atoms with E-state index < -0.39 is 6.03 Å². The van der Waals surface area contributed by atoms with Crippen molar-refractivity contribution in [1.82, 2.24) is 20.6 Å². The van der Waals surface area contributed by atoms with Gasteiger partial charge in [0.15, 0.2) is 0 Å². The van der Waals surface area contributed by atoms with Crippen molar-refractivity contribution >= 4 is 56.5 Å². The summed E-state index contributed by atoms with van der Waals surface area (Å²) in [6, 6.07) is 14.0. The number of carbonyl (C=O) groups is 3. The number of pyridine rings is 2. The van der Waals surface area contributed by atoms with Crippen LogP contribution in [0.5, 0.6) is 11.6 Å². The van der Waals surface area contributed by atoms with Gasteiger partial charge in [-0.3, -0.25) is 14.5 Å². The van der Waals surface area contributed by atoms with E-state index in [4.69, 9.17) is 4.74 Å². The molecule has 0 saturated heterocycles. The van der Waals surface area contributed by atoms with E-state index in [1.807, 2.05) is 30.3 Å². The van der Waals surface area contributed by atoms with Crippen LogP contribution in [0.3, 0.4) is 0 Å². The summed E-state index contributed by atoms with van der Waals surface area (Å²) in [5.74, 6) is 0.351. The Morgan fingerprint density at radius 2 is 1.89 bits per heavy atom. The van der Waals surface area contributed by atoms with Crippen LogP contribution >= 0.6 is 11.3 Å². The van der Waals surface area contributed by atoms with Crippen LogP contribution < -0.4 is 25.6 Å². The van der Waals surface area contributed by atoms with Crippen molar-refractivity contribution < 1.29 is 19.1 Å². The molecule has 0 radical (unpaired) electrons. The maximum absolute atomic E-state index is 13.2. The van der Waals surface area contributed by atoms with Crippen molar-refractivity contribution in [2.45, 2.75) is 0 Å². The Bertz CT molecular complexity index is 1470. The number of hydrogen-bond acceptors (Lipinski definition) is 7. The lowest BCUT2D eigenvalue weighted by molar-refractivity contribution is -0.116. The van der Waals surface area contributed by atoms with E-state index in [1.54, 1.807) is 30.6 Å². The Balaban J connectivity index is 1.39. The molecule has 3 aromatic heterocycles. The largest absolute Gasteiger partial charge is 0.439 e. The van der Waals surface area contributed by atoms with Crippen LogP contribution in [0, 0.1) is 0 Å². The molecule has 1 aliphatic rings. The molecule has 0 atom stereocenters. The summed E-state index contributed by atoms with van der Waals surface area (Å²) in [6.45, 7) is 3.85. The van der Waals surface area contributed by atoms with Gasteiger partial charge in [0.25, 0.3) is 5.91 Å². The second-order valence-electron chi connectivity index (χ2n) is 7.60. The molecule has 0 bridgehead atoms. The molecule has 4 aromatic rings. The summed E-state index contributed by atoms with van der Waals surface area (Å²) in [6.07, 6.45) is 4.30. The molecule has 0 saturated carbocycles. The topological polar surface area (TPSA) is 126 Å². The summed E-state index contributed by atoms with van der Waals surface area (Å²) in [5, 5.41) is 8.83. The number of urea groups is 1. The molecule has 0 spiro atoms. The van der Waals surface area contributed by atoms with E-state index in [0.29, 0.717) is 43.8 Å². The van der Waals surface area contributed by atoms with E-state index in [-0.39, 0.29) is 24.9 Å². The van der Waals surface area contributed by atoms with Crippen LogP contribution in [-0.2, 0) is 4.79 Å². The molecular weight excluding hydrogens is 480 g/mol. The predicted octanol–water partition coefficient (Wildman–Crippen LogP) is 4.20. The van der Waals surface area contributed by atoms with Gasteiger partial charge >= 0.3 is 6.03 Å². The number of nitrogens with zero attached hydrogens (tertiary/aromatic N) is 3. The highest BCUT2D eigenvalue weighted by Crippen LogP contribution is 2.45. The molecular formula is C25H20N6O4S. The fourth-order valence-electron chi connectivity index (χ4n) is 3.69. The molecule has 4 heterocycles. The monoisotopic (exact) mass is 500 g/mol. The van der Waals surface area contributed by atoms with Crippen molar-refractivity contribution in [2.75, 3.05) is 23.3 Å². The smallest absolute Gasteiger partial charge is 0.331 e. The fourth-order valence-corrected chi connectivity index (χ4v) is 4.72. The van der Waals surface area contributed by atoms with Gasteiger partial charge in [-0.2, -0.15) is 0 Å². The lowest BCUT2D eigenvalue weighted by Gasteiger charge is -2.28. The second kappa shape index (κ2) is 9.84. The highest BCUT2D eigenvalue weighted by molar-refractivity contribution is 7.21. The molecule has 10 nitrogen and oxygen atoms in total. The van der Waals surface area contributed by atoms with E-state index in [1.165, 1.54) is 16.2 Å². The highest BCUT2D eigenvalue weighted by Gasteiger charge is 2.32. The van der Waals surface area contributed by atoms with Gasteiger partial charge in [0.1, 0.15) is 15.5 Å². The Labute approximate surface area is 209 Å². The van der Waals surface area contributed by atoms with Gasteiger partial charge in [-0.05, 0) is 30.3 Å². The predicted molar refractivity (Wildman–Crippen MR) is 137 cm³/mol. The van der Waals surface area contributed by atoms with Gasteiger partial charge in [0.2, 0.25) is 11.8 Å². The zero-order valence-corrected chi connectivity index (χ0v) is 19.7. The maximum Gasteiger partial charge on any atom is 0.331 e. The third kappa shape index (κ3) is 4.46. The molecule has 4 amide bonds. The van der Waals surface area contributed by atoms with Gasteiger partial charge in [-0.15, -0.1) is 11.3 Å². The number of rotatable bonds is 8. The lowest BCUT2D eigenvalue weighted by atomic mass is 10.1. The standard InChI is InChI=1S/C25H20N6O4S/c1-2-18(32)26-12-13-27-23(33)22-21-20-17(10-11-28-24(20)36-22)31(25(34)30-21)15-8-9-19(29-14-15)35-16-6-4-3-5-7-16/h2-11,14H,1,12-13H2,(H,26,32)(H,27,33)(H,30,34). The molecule has 0 aliphatic carbocycles. The minimum atomic E-state index is -0.431. The average molecular weight is 501 g/mol. The minimum absolute atomic E-state index is 0.218. The van der Waals surface area contributed by atoms with Crippen molar-refractivity contribution in [2.24, 2.45) is 0 Å². The first-order chi connectivity index (χ1) is 17.5. The van der Waals surface area contributed by atoms with Crippen LogP contribution in [-0.4, -0.2) is 40.9 Å². The number of nitrogens with one attached hydrogen (secondary N) is 3. The first-order valence-electron chi connectivity index (χ1n) is 10.9. The highest BCUT2D eigenvalue weighted by atomic mass is 32.1. The molecule has 0 fully saturated rings. The molecule has 0 unspecified atom stereocenters. The number of thiophene rings is 1. The summed E-state index contributed by atoms with van der Waals surface area (Å²) in [4.78, 5) is 48.4. The van der Waals surface area contributed by atoms with Gasteiger partial charge in [0.05, 0.1) is 28.6 Å². The third-order valence-electron chi connectivity index (χ3n) is 5.29. The first-order valence-corrected chi connectivity index (χ1v) is 11.8. The fraction of sp³-hybridized carbons (Fsp3) is 0.0800. The van der Waals surface area contributed by atoms with E-state index >= 15 is 0 Å². The van der Waals surface area contributed by atoms with Crippen molar-refractivity contribution in [1.29, 1.82) is 0 Å². The van der Waals surface area contributed by atoms with Crippen LogP contribution in [0.4, 0.5) is 21.9 Å². The summed E-state index contributed by atoms with van der Waals surface area (Å²) < 4.78 is 5.74. The lowest BCUT2D eigenvalue weighted by Crippen LogP contribution is -2.36. The Hall–Kier alpha value is -4.77. The van der Waals surface area contributed by atoms with E-state index in [9.17, 15) is 14.4 Å². The molecule has 5 rings (SSSR count). The van der Waals surface area contributed by atoms with Crippen LogP contribution in [0.2, 0.25) is 0 Å². The third-order valence-corrected chi connectivity index (χ3v) is 6.39. The molecule has 180 valence electrons. The number of para-hydroxylation sites is 1. The number of carbonyl (C=O) groups excluding carboxylic acids is 3. The second-order valence-corrected chi connectivity index (χ2v) is 8.60. The normalized spacial score (nSPS) is 12.1. The molecule has 1 aromatic carbocycles. The van der Waals surface area contributed by atoms with Crippen LogP contribution in [0.25, 0.3) is 10.2 Å². The van der Waals surface area contributed by atoms with Crippen LogP contribution in [0.1, 0.15) is 9.67 Å². The maximum atomic E-state index is 13.2. The Morgan fingerprint density at radius 1 is 1.08 bits per heavy atom. The summed E-state index contributed by atoms with van der Waals surface area (Å²) >= 11 is 1.18. The van der Waals surface area contributed by atoms with Gasteiger partial charge in [-0.1, -0.05) is 24.8 Å². The van der Waals surface area contributed by atoms with Gasteiger partial charge in [0, 0.05) is 25.4 Å². The van der Waals surface area contributed by atoms with E-state index in [2.05, 4.69) is 32.5 Å². The number of ether oxygens (including phenoxy) is 1. The van der Waals surface area contributed by atoms with Crippen molar-refractivity contribution in [3.63, 3.8) is 0 Å². The quantitative estimate of drug-likeness (QED) is 0.246. The number of hydrogen-bond donors (Lipinski definition) is 3. The zero-order chi connectivity index (χ0) is 25.1. The average Bonchev–Trinajstić information content (AvgIpc) is 3.27. The molecule has 36 heavy (non-hydrogen) atoms. The Morgan fingerprint density at radius 3 is 2.64 bits per heavy atom. The van der Waals surface area contributed by atoms with Gasteiger partial charge in [-0.25, -0.2) is 14.8 Å². The minimum Gasteiger partial charge on any atom is -0.439 e. The molecule has 1 aliphatic heterocycles. The Kier molecular flexibility index (Phi) is 6.29. The summed E-state index contributed by atoms with van der Waals surface area (Å²) in [7, 11) is 0. The number of aromatic nitrogens is 2. The molecule has 11 heteroatoms. The molecule has 3 N–H and O–H groups in total. The first kappa shape index (κ1) is 23.0.